The highest BCUT2D eigenvalue weighted by molar-refractivity contribution is 6.06. The zero-order valence-electron chi connectivity index (χ0n) is 10.6. The van der Waals surface area contributed by atoms with Crippen molar-refractivity contribution in [2.75, 3.05) is 6.61 Å². The molecule has 4 nitrogen and oxygen atoms in total. The zero-order chi connectivity index (χ0) is 13.1. The molecule has 18 heavy (non-hydrogen) atoms. The minimum absolute atomic E-state index is 0.204. The maximum atomic E-state index is 11.5. The Morgan fingerprint density at radius 2 is 1.94 bits per heavy atom. The number of benzene rings is 1. The van der Waals surface area contributed by atoms with Crippen LogP contribution >= 0.6 is 0 Å². The molecule has 1 aromatic rings. The average Bonchev–Trinajstić information content (AvgIpc) is 2.66. The van der Waals surface area contributed by atoms with E-state index in [0.29, 0.717) is 12.5 Å². The monoisotopic (exact) mass is 247 g/mol. The Hall–Kier alpha value is -1.84. The summed E-state index contributed by atoms with van der Waals surface area (Å²) in [5.41, 5.74) is 0.857. The van der Waals surface area contributed by atoms with Gasteiger partial charge >= 0.3 is 0 Å². The van der Waals surface area contributed by atoms with E-state index in [0.717, 1.165) is 11.3 Å². The Balaban J connectivity index is 2.03. The molecule has 1 atom stereocenters. The van der Waals surface area contributed by atoms with Crippen LogP contribution in [0.5, 0.6) is 5.75 Å². The molecule has 1 saturated heterocycles. The number of rotatable bonds is 4. The van der Waals surface area contributed by atoms with Crippen LogP contribution in [0.4, 0.5) is 0 Å². The quantitative estimate of drug-likeness (QED) is 0.826. The fourth-order valence-corrected chi connectivity index (χ4v) is 1.88. The number of nitrogens with one attached hydrogen (secondary N) is 1. The zero-order valence-corrected chi connectivity index (χ0v) is 10.6. The molecule has 0 unspecified atom stereocenters. The SMILES string of the molecule is CC(C)COc1ccc([C@@H]2CC(=O)NC2=O)cc1. The summed E-state index contributed by atoms with van der Waals surface area (Å²) in [5, 5.41) is 2.31. The van der Waals surface area contributed by atoms with E-state index in [1.165, 1.54) is 0 Å². The van der Waals surface area contributed by atoms with Crippen LogP contribution in [0.1, 0.15) is 31.7 Å². The first-order chi connectivity index (χ1) is 8.56. The molecule has 1 aliphatic rings. The number of carbonyl (C=O) groups excluding carboxylic acids is 2. The molecule has 1 aliphatic heterocycles. The van der Waals surface area contributed by atoms with Gasteiger partial charge in [0.1, 0.15) is 5.75 Å². The van der Waals surface area contributed by atoms with Crippen LogP contribution in [-0.2, 0) is 9.59 Å². The first-order valence-corrected chi connectivity index (χ1v) is 6.12. The summed E-state index contributed by atoms with van der Waals surface area (Å²) in [6.07, 6.45) is 0.241. The van der Waals surface area contributed by atoms with E-state index in [4.69, 9.17) is 4.74 Å². The Morgan fingerprint density at radius 1 is 1.28 bits per heavy atom. The summed E-state index contributed by atoms with van der Waals surface area (Å²) < 4.78 is 5.57. The third-order valence-electron chi connectivity index (χ3n) is 2.83. The summed E-state index contributed by atoms with van der Waals surface area (Å²) >= 11 is 0. The van der Waals surface area contributed by atoms with Crippen molar-refractivity contribution in [3.05, 3.63) is 29.8 Å². The summed E-state index contributed by atoms with van der Waals surface area (Å²) in [7, 11) is 0. The van der Waals surface area contributed by atoms with Crippen molar-refractivity contribution < 1.29 is 14.3 Å². The number of amides is 2. The summed E-state index contributed by atoms with van der Waals surface area (Å²) in [6, 6.07) is 7.37. The lowest BCUT2D eigenvalue weighted by Crippen LogP contribution is -2.21. The molecule has 0 spiro atoms. The van der Waals surface area contributed by atoms with Crippen molar-refractivity contribution in [2.45, 2.75) is 26.2 Å². The molecule has 2 amide bonds. The van der Waals surface area contributed by atoms with Crippen molar-refractivity contribution in [1.82, 2.24) is 5.32 Å². The van der Waals surface area contributed by atoms with Gasteiger partial charge < -0.3 is 4.74 Å². The lowest BCUT2D eigenvalue weighted by Gasteiger charge is -2.10. The second-order valence-corrected chi connectivity index (χ2v) is 4.94. The van der Waals surface area contributed by atoms with Crippen LogP contribution in [0.15, 0.2) is 24.3 Å². The van der Waals surface area contributed by atoms with Gasteiger partial charge in [-0.25, -0.2) is 0 Å². The maximum Gasteiger partial charge on any atom is 0.234 e. The first-order valence-electron chi connectivity index (χ1n) is 6.12. The van der Waals surface area contributed by atoms with E-state index in [2.05, 4.69) is 19.2 Å². The Labute approximate surface area is 106 Å². The molecule has 1 aromatic carbocycles. The van der Waals surface area contributed by atoms with Gasteiger partial charge in [0.05, 0.1) is 12.5 Å². The largest absolute Gasteiger partial charge is 0.493 e. The van der Waals surface area contributed by atoms with Gasteiger partial charge in [0, 0.05) is 6.42 Å². The summed E-state index contributed by atoms with van der Waals surface area (Å²) in [4.78, 5) is 22.6. The Morgan fingerprint density at radius 3 is 2.44 bits per heavy atom. The number of ether oxygens (including phenoxy) is 1. The summed E-state index contributed by atoms with van der Waals surface area (Å²) in [6.45, 7) is 4.84. The second kappa shape index (κ2) is 5.21. The van der Waals surface area contributed by atoms with Gasteiger partial charge in [-0.15, -0.1) is 0 Å². The average molecular weight is 247 g/mol. The third-order valence-corrected chi connectivity index (χ3v) is 2.83. The molecule has 0 aliphatic carbocycles. The first kappa shape index (κ1) is 12.6. The van der Waals surface area contributed by atoms with Crippen LogP contribution in [0.3, 0.4) is 0 Å². The molecular formula is C14H17NO3. The van der Waals surface area contributed by atoms with Gasteiger partial charge in [0.15, 0.2) is 0 Å². The van der Waals surface area contributed by atoms with E-state index in [9.17, 15) is 9.59 Å². The standard InChI is InChI=1S/C14H17NO3/c1-9(2)8-18-11-5-3-10(4-6-11)12-7-13(16)15-14(12)17/h3-6,9,12H,7-8H2,1-2H3,(H,15,16,17)/t12-/m0/s1. The highest BCUT2D eigenvalue weighted by atomic mass is 16.5. The van der Waals surface area contributed by atoms with E-state index in [-0.39, 0.29) is 24.2 Å². The number of imide groups is 1. The minimum Gasteiger partial charge on any atom is -0.493 e. The van der Waals surface area contributed by atoms with Crippen molar-refractivity contribution in [2.24, 2.45) is 5.92 Å². The molecule has 0 aromatic heterocycles. The van der Waals surface area contributed by atoms with Crippen LogP contribution in [-0.4, -0.2) is 18.4 Å². The van der Waals surface area contributed by atoms with Gasteiger partial charge in [-0.3, -0.25) is 14.9 Å². The molecule has 4 heteroatoms. The van der Waals surface area contributed by atoms with Gasteiger partial charge in [-0.1, -0.05) is 26.0 Å². The van der Waals surface area contributed by atoms with Gasteiger partial charge in [0.25, 0.3) is 0 Å². The topological polar surface area (TPSA) is 55.4 Å². The maximum absolute atomic E-state index is 11.5. The van der Waals surface area contributed by atoms with Gasteiger partial charge in [-0.2, -0.15) is 0 Å². The van der Waals surface area contributed by atoms with Crippen molar-refractivity contribution in [3.63, 3.8) is 0 Å². The molecule has 0 radical (unpaired) electrons. The molecule has 2 rings (SSSR count). The summed E-state index contributed by atoms with van der Waals surface area (Å²) in [5.74, 6) is 0.498. The normalized spacial score (nSPS) is 19.2. The van der Waals surface area contributed by atoms with E-state index < -0.39 is 0 Å². The van der Waals surface area contributed by atoms with E-state index in [1.807, 2.05) is 24.3 Å². The van der Waals surface area contributed by atoms with Crippen molar-refractivity contribution in [1.29, 1.82) is 0 Å². The van der Waals surface area contributed by atoms with Gasteiger partial charge in [-0.05, 0) is 23.6 Å². The molecule has 1 N–H and O–H groups in total. The molecular weight excluding hydrogens is 230 g/mol. The molecule has 0 saturated carbocycles. The van der Waals surface area contributed by atoms with Crippen LogP contribution in [0, 0.1) is 5.92 Å². The highest BCUT2D eigenvalue weighted by Crippen LogP contribution is 2.26. The van der Waals surface area contributed by atoms with Crippen LogP contribution in [0.25, 0.3) is 0 Å². The third kappa shape index (κ3) is 2.88. The van der Waals surface area contributed by atoms with E-state index in [1.54, 1.807) is 0 Å². The minimum atomic E-state index is -0.350. The lowest BCUT2D eigenvalue weighted by molar-refractivity contribution is -0.125. The highest BCUT2D eigenvalue weighted by Gasteiger charge is 2.31. The van der Waals surface area contributed by atoms with Gasteiger partial charge in [0.2, 0.25) is 11.8 Å². The van der Waals surface area contributed by atoms with Crippen molar-refractivity contribution >= 4 is 11.8 Å². The van der Waals surface area contributed by atoms with Crippen LogP contribution < -0.4 is 10.1 Å². The Bertz CT molecular complexity index is 451. The predicted octanol–water partition coefficient (Wildman–Crippen LogP) is 1.85. The number of hydrogen-bond donors (Lipinski definition) is 1. The van der Waals surface area contributed by atoms with Crippen molar-refractivity contribution in [3.8, 4) is 5.75 Å². The molecule has 1 heterocycles. The molecule has 0 bridgehead atoms. The van der Waals surface area contributed by atoms with E-state index >= 15 is 0 Å². The van der Waals surface area contributed by atoms with Crippen LogP contribution in [0.2, 0.25) is 0 Å². The fourth-order valence-electron chi connectivity index (χ4n) is 1.88. The predicted molar refractivity (Wildman–Crippen MR) is 67.3 cm³/mol. The molecule has 96 valence electrons. The molecule has 1 fully saturated rings. The fraction of sp³-hybridized carbons (Fsp3) is 0.429. The second-order valence-electron chi connectivity index (χ2n) is 4.94. The number of carbonyl (C=O) groups is 2. The lowest BCUT2D eigenvalue weighted by atomic mass is 9.98. The number of hydrogen-bond acceptors (Lipinski definition) is 3. The Kier molecular flexibility index (Phi) is 3.65. The smallest absolute Gasteiger partial charge is 0.234 e.